The van der Waals surface area contributed by atoms with Gasteiger partial charge in [-0.2, -0.15) is 0 Å². The second kappa shape index (κ2) is 11.5. The van der Waals surface area contributed by atoms with Gasteiger partial charge in [-0.05, 0) is 46.5 Å². The standard InChI is InChI=1S/C25H35NO10/c1-5-18(26-8-6-7-19(26)28)21-17(22(30)36-23(21)31)10-15(35-20(29)9-14(2)27)11-25(3,4)24(32)34-13-16-12-33-16/h15-18,21H,5-13H2,1-4H3. The van der Waals surface area contributed by atoms with Crippen LogP contribution in [0.4, 0.5) is 0 Å². The van der Waals surface area contributed by atoms with Crippen LogP contribution in [0.5, 0.6) is 0 Å². The Morgan fingerprint density at radius 3 is 2.42 bits per heavy atom. The van der Waals surface area contributed by atoms with Crippen LogP contribution in [0.15, 0.2) is 0 Å². The third kappa shape index (κ3) is 6.89. The molecule has 3 rings (SSSR count). The first-order valence-corrected chi connectivity index (χ1v) is 12.5. The van der Waals surface area contributed by atoms with Gasteiger partial charge in [-0.1, -0.05) is 6.92 Å². The van der Waals surface area contributed by atoms with Gasteiger partial charge in [0.05, 0.1) is 23.9 Å². The monoisotopic (exact) mass is 509 g/mol. The summed E-state index contributed by atoms with van der Waals surface area (Å²) >= 11 is 0. The minimum absolute atomic E-state index is 0.00880. The topological polar surface area (TPSA) is 146 Å². The van der Waals surface area contributed by atoms with Crippen LogP contribution in [0.3, 0.4) is 0 Å². The molecule has 1 amide bonds. The normalized spacial score (nSPS) is 25.4. The molecule has 5 unspecified atom stereocenters. The van der Waals surface area contributed by atoms with Crippen molar-refractivity contribution in [2.75, 3.05) is 19.8 Å². The van der Waals surface area contributed by atoms with E-state index >= 15 is 0 Å². The first-order valence-electron chi connectivity index (χ1n) is 12.5. The van der Waals surface area contributed by atoms with Crippen molar-refractivity contribution in [3.63, 3.8) is 0 Å². The maximum absolute atomic E-state index is 12.7. The highest BCUT2D eigenvalue weighted by Gasteiger charge is 2.52. The van der Waals surface area contributed by atoms with Crippen molar-refractivity contribution in [1.29, 1.82) is 0 Å². The number of epoxide rings is 1. The smallest absolute Gasteiger partial charge is 0.319 e. The quantitative estimate of drug-likeness (QED) is 0.154. The van der Waals surface area contributed by atoms with E-state index < -0.39 is 65.5 Å². The van der Waals surface area contributed by atoms with Crippen molar-refractivity contribution in [1.82, 2.24) is 4.90 Å². The number of cyclic esters (lactones) is 2. The van der Waals surface area contributed by atoms with Gasteiger partial charge in [0, 0.05) is 19.0 Å². The van der Waals surface area contributed by atoms with E-state index in [0.29, 0.717) is 32.4 Å². The van der Waals surface area contributed by atoms with Crippen molar-refractivity contribution in [3.8, 4) is 0 Å². The summed E-state index contributed by atoms with van der Waals surface area (Å²) in [5, 5.41) is 0. The SMILES string of the molecule is CCC(C1C(=O)OC(=O)C1CC(CC(C)(C)C(=O)OCC1CO1)OC(=O)CC(C)=O)N1CCCC1=O. The molecule has 0 spiro atoms. The summed E-state index contributed by atoms with van der Waals surface area (Å²) in [6.45, 7) is 7.46. The fourth-order valence-corrected chi connectivity index (χ4v) is 4.98. The molecule has 5 atom stereocenters. The van der Waals surface area contributed by atoms with Gasteiger partial charge >= 0.3 is 23.9 Å². The van der Waals surface area contributed by atoms with E-state index in [0.717, 1.165) is 0 Å². The van der Waals surface area contributed by atoms with Crippen molar-refractivity contribution < 1.29 is 47.7 Å². The lowest BCUT2D eigenvalue weighted by Crippen LogP contribution is -2.46. The molecule has 0 aliphatic carbocycles. The lowest BCUT2D eigenvalue weighted by atomic mass is 9.79. The van der Waals surface area contributed by atoms with Gasteiger partial charge in [-0.15, -0.1) is 0 Å². The zero-order valence-electron chi connectivity index (χ0n) is 21.3. The van der Waals surface area contributed by atoms with E-state index in [1.807, 2.05) is 6.92 Å². The zero-order valence-corrected chi connectivity index (χ0v) is 21.3. The summed E-state index contributed by atoms with van der Waals surface area (Å²) in [4.78, 5) is 76.0. The van der Waals surface area contributed by atoms with Crippen molar-refractivity contribution in [3.05, 3.63) is 0 Å². The average molecular weight is 510 g/mol. The average Bonchev–Trinajstić information content (AvgIpc) is 3.45. The molecule has 3 aliphatic rings. The third-order valence-electron chi connectivity index (χ3n) is 6.85. The minimum atomic E-state index is -1.10. The third-order valence-corrected chi connectivity index (χ3v) is 6.85. The molecule has 36 heavy (non-hydrogen) atoms. The first kappa shape index (κ1) is 27.8. The number of ether oxygens (including phenoxy) is 4. The fourth-order valence-electron chi connectivity index (χ4n) is 4.98. The van der Waals surface area contributed by atoms with Crippen molar-refractivity contribution in [2.45, 2.75) is 84.5 Å². The van der Waals surface area contributed by atoms with Crippen LogP contribution in [0.25, 0.3) is 0 Å². The highest BCUT2D eigenvalue weighted by atomic mass is 16.6. The van der Waals surface area contributed by atoms with Crippen LogP contribution in [0.1, 0.15) is 66.2 Å². The molecular weight excluding hydrogens is 474 g/mol. The Bertz CT molecular complexity index is 909. The van der Waals surface area contributed by atoms with Crippen molar-refractivity contribution >= 4 is 35.6 Å². The minimum Gasteiger partial charge on any atom is -0.462 e. The first-order chi connectivity index (χ1) is 16.9. The molecule has 0 N–H and O–H groups in total. The van der Waals surface area contributed by atoms with Crippen molar-refractivity contribution in [2.24, 2.45) is 17.3 Å². The maximum atomic E-state index is 12.7. The summed E-state index contributed by atoms with van der Waals surface area (Å²) in [6.07, 6.45) is -0.177. The Kier molecular flexibility index (Phi) is 8.86. The Balaban J connectivity index is 1.80. The van der Waals surface area contributed by atoms with Crippen LogP contribution in [0.2, 0.25) is 0 Å². The Labute approximate surface area is 210 Å². The van der Waals surface area contributed by atoms with E-state index in [4.69, 9.17) is 18.9 Å². The highest BCUT2D eigenvalue weighted by molar-refractivity contribution is 5.97. The predicted molar refractivity (Wildman–Crippen MR) is 122 cm³/mol. The molecule has 0 aromatic rings. The Hall–Kier alpha value is -2.82. The van der Waals surface area contributed by atoms with Crippen LogP contribution in [-0.2, 0) is 47.7 Å². The van der Waals surface area contributed by atoms with E-state index in [1.165, 1.54) is 6.92 Å². The number of rotatable bonds is 13. The molecule has 3 fully saturated rings. The molecule has 3 saturated heterocycles. The van der Waals surface area contributed by atoms with Gasteiger partial charge in [0.15, 0.2) is 0 Å². The molecule has 11 nitrogen and oxygen atoms in total. The molecule has 0 saturated carbocycles. The molecule has 0 radical (unpaired) electrons. The lowest BCUT2D eigenvalue weighted by molar-refractivity contribution is -0.163. The molecule has 0 aromatic carbocycles. The van der Waals surface area contributed by atoms with Gasteiger partial charge in [0.1, 0.15) is 31.0 Å². The number of esters is 4. The summed E-state index contributed by atoms with van der Waals surface area (Å²) < 4.78 is 20.9. The maximum Gasteiger partial charge on any atom is 0.319 e. The molecule has 0 aromatic heterocycles. The number of carbonyl (C=O) groups excluding carboxylic acids is 6. The van der Waals surface area contributed by atoms with Crippen LogP contribution in [-0.4, -0.2) is 78.5 Å². The molecular formula is C25H35NO10. The zero-order chi connectivity index (χ0) is 26.6. The largest absolute Gasteiger partial charge is 0.462 e. The van der Waals surface area contributed by atoms with E-state index in [2.05, 4.69) is 0 Å². The van der Waals surface area contributed by atoms with E-state index in [-0.39, 0.29) is 31.5 Å². The number of hydrogen-bond acceptors (Lipinski definition) is 10. The molecule has 3 aliphatic heterocycles. The second-order valence-corrected chi connectivity index (χ2v) is 10.4. The van der Waals surface area contributed by atoms with Gasteiger partial charge in [0.25, 0.3) is 0 Å². The fraction of sp³-hybridized carbons (Fsp3) is 0.760. The number of ketones is 1. The summed E-state index contributed by atoms with van der Waals surface area (Å²) in [6, 6.07) is -0.533. The number of likely N-dealkylation sites (tertiary alicyclic amines) is 1. The van der Waals surface area contributed by atoms with E-state index in [1.54, 1.807) is 18.7 Å². The number of carbonyl (C=O) groups is 6. The van der Waals surface area contributed by atoms with Gasteiger partial charge in [-0.25, -0.2) is 0 Å². The van der Waals surface area contributed by atoms with E-state index in [9.17, 15) is 28.8 Å². The lowest BCUT2D eigenvalue weighted by Gasteiger charge is -2.33. The molecule has 3 heterocycles. The van der Waals surface area contributed by atoms with Gasteiger partial charge < -0.3 is 23.8 Å². The molecule has 11 heteroatoms. The van der Waals surface area contributed by atoms with Gasteiger partial charge in [-0.3, -0.25) is 28.8 Å². The van der Waals surface area contributed by atoms with Gasteiger partial charge in [0.2, 0.25) is 5.91 Å². The van der Waals surface area contributed by atoms with Crippen LogP contribution < -0.4 is 0 Å². The summed E-state index contributed by atoms with van der Waals surface area (Å²) in [5.41, 5.74) is -1.10. The number of amides is 1. The molecule has 200 valence electrons. The summed E-state index contributed by atoms with van der Waals surface area (Å²) in [5.74, 6) is -5.16. The predicted octanol–water partition coefficient (Wildman–Crippen LogP) is 1.34. The second-order valence-electron chi connectivity index (χ2n) is 10.4. The Morgan fingerprint density at radius 1 is 1.17 bits per heavy atom. The highest BCUT2D eigenvalue weighted by Crippen LogP contribution is 2.38. The molecule has 0 bridgehead atoms. The number of Topliss-reactive ketones (excluding diaryl/α,β-unsaturated/α-hetero) is 1. The number of hydrogen-bond donors (Lipinski definition) is 0. The van der Waals surface area contributed by atoms with Crippen LogP contribution in [0, 0.1) is 17.3 Å². The summed E-state index contributed by atoms with van der Waals surface area (Å²) in [7, 11) is 0. The van der Waals surface area contributed by atoms with Crippen LogP contribution >= 0.6 is 0 Å². The number of nitrogens with zero attached hydrogens (tertiary/aromatic N) is 1. The Morgan fingerprint density at radius 2 is 1.86 bits per heavy atom.